The quantitative estimate of drug-likeness (QED) is 0.179. The Morgan fingerprint density at radius 3 is 1.96 bits per heavy atom. The van der Waals surface area contributed by atoms with Gasteiger partial charge in [0.05, 0.1) is 0 Å². The van der Waals surface area contributed by atoms with Crippen molar-refractivity contribution < 1.29 is 8.83 Å². The van der Waals surface area contributed by atoms with Crippen LogP contribution >= 0.6 is 0 Å². The highest BCUT2D eigenvalue weighted by molar-refractivity contribution is 6.13. The smallest absolute Gasteiger partial charge is 0.164 e. The first-order chi connectivity index (χ1) is 26.7. The second kappa shape index (κ2) is 12.2. The van der Waals surface area contributed by atoms with Gasteiger partial charge in [-0.05, 0) is 94.8 Å². The third-order valence-electron chi connectivity index (χ3n) is 10.6. The fraction of sp³-hybridized carbons (Fsp3) is 0.0408. The molecule has 0 spiro atoms. The van der Waals surface area contributed by atoms with Crippen LogP contribution in [0.5, 0.6) is 0 Å². The van der Waals surface area contributed by atoms with Gasteiger partial charge in [-0.15, -0.1) is 0 Å². The summed E-state index contributed by atoms with van der Waals surface area (Å²) in [5, 5.41) is 4.13. The van der Waals surface area contributed by atoms with Crippen LogP contribution in [-0.4, -0.2) is 15.0 Å². The first kappa shape index (κ1) is 30.5. The van der Waals surface area contributed by atoms with E-state index in [0.29, 0.717) is 17.5 Å². The van der Waals surface area contributed by atoms with Crippen molar-refractivity contribution in [1.82, 2.24) is 15.0 Å². The maximum absolute atomic E-state index is 6.48. The van der Waals surface area contributed by atoms with Gasteiger partial charge >= 0.3 is 0 Å². The number of hydrogen-bond donors (Lipinski definition) is 0. The van der Waals surface area contributed by atoms with E-state index in [9.17, 15) is 0 Å². The van der Waals surface area contributed by atoms with Gasteiger partial charge in [-0.25, -0.2) is 15.0 Å². The molecule has 10 aromatic rings. The van der Waals surface area contributed by atoms with E-state index in [1.165, 1.54) is 22.3 Å². The van der Waals surface area contributed by atoms with E-state index in [1.807, 2.05) is 42.5 Å². The number of aromatic nitrogens is 3. The van der Waals surface area contributed by atoms with Crippen LogP contribution in [0.2, 0.25) is 0 Å². The maximum atomic E-state index is 6.48. The summed E-state index contributed by atoms with van der Waals surface area (Å²) in [4.78, 5) is 15.5. The first-order valence-electron chi connectivity index (χ1n) is 18.3. The van der Waals surface area contributed by atoms with Crippen molar-refractivity contribution in [3.8, 4) is 56.4 Å². The normalized spacial score (nSPS) is 12.6. The lowest BCUT2D eigenvalue weighted by atomic mass is 9.95. The molecule has 11 rings (SSSR count). The Hall–Kier alpha value is -7.11. The average Bonchev–Trinajstić information content (AvgIpc) is 3.81. The lowest BCUT2D eigenvalue weighted by Crippen LogP contribution is -2.01. The van der Waals surface area contributed by atoms with Gasteiger partial charge in [0.2, 0.25) is 0 Å². The molecule has 0 aliphatic heterocycles. The number of para-hydroxylation sites is 1. The molecule has 0 atom stereocenters. The zero-order valence-electron chi connectivity index (χ0n) is 29.2. The molecule has 0 unspecified atom stereocenters. The fourth-order valence-electron chi connectivity index (χ4n) is 7.89. The third-order valence-corrected chi connectivity index (χ3v) is 10.6. The van der Waals surface area contributed by atoms with Crippen molar-refractivity contribution in [3.05, 3.63) is 169 Å². The van der Waals surface area contributed by atoms with Crippen LogP contribution < -0.4 is 0 Å². The van der Waals surface area contributed by atoms with E-state index in [0.717, 1.165) is 84.5 Å². The second-order valence-corrected chi connectivity index (χ2v) is 13.9. The zero-order valence-corrected chi connectivity index (χ0v) is 29.2. The molecule has 3 aromatic heterocycles. The lowest BCUT2D eigenvalue weighted by molar-refractivity contribution is 0.668. The number of furan rings is 2. The molecule has 54 heavy (non-hydrogen) atoms. The number of aryl methyl sites for hydroxylation is 1. The predicted octanol–water partition coefficient (Wildman–Crippen LogP) is 13.0. The van der Waals surface area contributed by atoms with E-state index in [-0.39, 0.29) is 0 Å². The van der Waals surface area contributed by atoms with E-state index >= 15 is 0 Å². The predicted molar refractivity (Wildman–Crippen MR) is 219 cm³/mol. The summed E-state index contributed by atoms with van der Waals surface area (Å²) in [6, 6.07) is 52.6. The summed E-state index contributed by atoms with van der Waals surface area (Å²) in [5.74, 6) is 1.77. The number of fused-ring (bicyclic) bond motifs is 7. The number of rotatable bonds is 5. The Morgan fingerprint density at radius 1 is 0.407 bits per heavy atom. The minimum atomic E-state index is 0.578. The minimum Gasteiger partial charge on any atom is -0.456 e. The van der Waals surface area contributed by atoms with Gasteiger partial charge in [-0.1, -0.05) is 115 Å². The van der Waals surface area contributed by atoms with Crippen molar-refractivity contribution in [2.24, 2.45) is 0 Å². The molecule has 0 saturated heterocycles. The van der Waals surface area contributed by atoms with Crippen LogP contribution in [0.3, 0.4) is 0 Å². The molecular formula is C49H31N3O2. The Morgan fingerprint density at radius 2 is 1.06 bits per heavy atom. The van der Waals surface area contributed by atoms with Crippen molar-refractivity contribution in [2.75, 3.05) is 0 Å². The molecule has 0 fully saturated rings. The molecule has 0 bridgehead atoms. The molecule has 3 heterocycles. The van der Waals surface area contributed by atoms with Crippen LogP contribution in [0.15, 0.2) is 167 Å². The zero-order chi connectivity index (χ0) is 35.6. The molecule has 5 heteroatoms. The van der Waals surface area contributed by atoms with E-state index < -0.39 is 0 Å². The molecule has 0 amide bonds. The minimum absolute atomic E-state index is 0.578. The van der Waals surface area contributed by atoms with Crippen molar-refractivity contribution in [3.63, 3.8) is 0 Å². The topological polar surface area (TPSA) is 65.0 Å². The Bertz CT molecular complexity index is 3120. The summed E-state index contributed by atoms with van der Waals surface area (Å²) in [6.45, 7) is 0. The molecule has 0 radical (unpaired) electrons. The summed E-state index contributed by atoms with van der Waals surface area (Å²) >= 11 is 0. The van der Waals surface area contributed by atoms with Crippen LogP contribution in [0, 0.1) is 0 Å². The fourth-order valence-corrected chi connectivity index (χ4v) is 7.89. The van der Waals surface area contributed by atoms with E-state index in [4.69, 9.17) is 23.8 Å². The van der Waals surface area contributed by atoms with Crippen molar-refractivity contribution in [2.45, 2.75) is 12.8 Å². The average molecular weight is 694 g/mol. The largest absolute Gasteiger partial charge is 0.456 e. The summed E-state index contributed by atoms with van der Waals surface area (Å²) in [5.41, 5.74) is 13.1. The first-order valence-corrected chi connectivity index (χ1v) is 18.3. The van der Waals surface area contributed by atoms with Crippen LogP contribution in [0.25, 0.3) is 106 Å². The van der Waals surface area contributed by atoms with Gasteiger partial charge in [0, 0.05) is 38.2 Å². The summed E-state index contributed by atoms with van der Waals surface area (Å²) in [7, 11) is 0. The number of benzene rings is 7. The molecule has 5 nitrogen and oxygen atoms in total. The van der Waals surface area contributed by atoms with Crippen LogP contribution in [0.1, 0.15) is 17.5 Å². The molecule has 0 N–H and O–H groups in total. The molecular weight excluding hydrogens is 663 g/mol. The molecule has 0 saturated carbocycles. The van der Waals surface area contributed by atoms with Gasteiger partial charge in [-0.2, -0.15) is 0 Å². The summed E-state index contributed by atoms with van der Waals surface area (Å²) < 4.78 is 12.8. The highest BCUT2D eigenvalue weighted by Gasteiger charge is 2.20. The Kier molecular flexibility index (Phi) is 6.92. The maximum Gasteiger partial charge on any atom is 0.164 e. The summed E-state index contributed by atoms with van der Waals surface area (Å²) in [6.07, 6.45) is 6.52. The third kappa shape index (κ3) is 5.13. The SMILES string of the molecule is C1=Cc2cc(-c3nc(-c4ccc5c(c4)oc4ccccc45)nc(-c4cccc5oc6ccc(-c7cccc(-c8ccccc8)c7)cc6c45)n3)ccc2CC1. The van der Waals surface area contributed by atoms with Crippen LogP contribution in [0.4, 0.5) is 0 Å². The highest BCUT2D eigenvalue weighted by Crippen LogP contribution is 2.40. The van der Waals surface area contributed by atoms with Gasteiger partial charge in [0.15, 0.2) is 17.5 Å². The van der Waals surface area contributed by atoms with Gasteiger partial charge in [0.1, 0.15) is 22.3 Å². The number of nitrogens with zero attached hydrogens (tertiary/aromatic N) is 3. The molecule has 1 aliphatic carbocycles. The van der Waals surface area contributed by atoms with E-state index in [1.54, 1.807) is 0 Å². The second-order valence-electron chi connectivity index (χ2n) is 13.9. The Balaban J connectivity index is 1.10. The monoisotopic (exact) mass is 693 g/mol. The standard InChI is InChI=1S/C49H31N3O2/c1-2-10-30(11-3-1)33-14-8-15-34(26-33)35-23-25-43-41(28-35)46-40(17-9-19-44(46)53-43)49-51-47(36-21-20-31-12-4-5-13-32(31)27-36)50-48(52-49)37-22-24-39-38-16-6-7-18-42(38)54-45(39)29-37/h1-3,5-11,13-29H,4,12H2. The van der Waals surface area contributed by atoms with Crippen molar-refractivity contribution >= 4 is 50.0 Å². The van der Waals surface area contributed by atoms with Gasteiger partial charge in [-0.3, -0.25) is 0 Å². The van der Waals surface area contributed by atoms with Crippen LogP contribution in [-0.2, 0) is 6.42 Å². The Labute approximate surface area is 310 Å². The molecule has 254 valence electrons. The van der Waals surface area contributed by atoms with Gasteiger partial charge < -0.3 is 8.83 Å². The molecule has 1 aliphatic rings. The van der Waals surface area contributed by atoms with Gasteiger partial charge in [0.25, 0.3) is 0 Å². The van der Waals surface area contributed by atoms with E-state index in [2.05, 4.69) is 121 Å². The number of allylic oxidation sites excluding steroid dienone is 1. The lowest BCUT2D eigenvalue weighted by Gasteiger charge is -2.13. The number of hydrogen-bond acceptors (Lipinski definition) is 5. The highest BCUT2D eigenvalue weighted by atomic mass is 16.3. The molecule has 7 aromatic carbocycles. The van der Waals surface area contributed by atoms with Crippen molar-refractivity contribution in [1.29, 1.82) is 0 Å².